The summed E-state index contributed by atoms with van der Waals surface area (Å²) in [6, 6.07) is 7.94. The monoisotopic (exact) mass is 231 g/mol. The van der Waals surface area contributed by atoms with Crippen molar-refractivity contribution in [2.24, 2.45) is 10.7 Å². The zero-order valence-electron chi connectivity index (χ0n) is 9.94. The number of methoxy groups -OCH3 is 1. The van der Waals surface area contributed by atoms with Crippen LogP contribution in [0.1, 0.15) is 12.0 Å². The highest BCUT2D eigenvalue weighted by molar-refractivity contribution is 6.01. The Labute approximate surface area is 101 Å². The van der Waals surface area contributed by atoms with Crippen LogP contribution in [0.5, 0.6) is 5.75 Å². The summed E-state index contributed by atoms with van der Waals surface area (Å²) in [5, 5.41) is 3.20. The van der Waals surface area contributed by atoms with Crippen molar-refractivity contribution in [2.75, 3.05) is 13.7 Å². The van der Waals surface area contributed by atoms with Crippen LogP contribution in [0.15, 0.2) is 41.2 Å². The van der Waals surface area contributed by atoms with E-state index in [0.29, 0.717) is 6.54 Å². The van der Waals surface area contributed by atoms with Crippen LogP contribution in [0.4, 0.5) is 0 Å². The van der Waals surface area contributed by atoms with Crippen LogP contribution in [-0.4, -0.2) is 19.4 Å². The molecule has 90 valence electrons. The minimum Gasteiger partial charge on any atom is -0.497 e. The molecule has 17 heavy (non-hydrogen) atoms. The number of nitrogens with one attached hydrogen (secondary N) is 1. The Hall–Kier alpha value is -1.97. The average molecular weight is 231 g/mol. The maximum Gasteiger partial charge on any atom is 0.118 e. The van der Waals surface area contributed by atoms with E-state index in [0.717, 1.165) is 30.1 Å². The second-order valence-electron chi connectivity index (χ2n) is 3.87. The smallest absolute Gasteiger partial charge is 0.118 e. The number of nitrogens with zero attached hydrogens (tertiary/aromatic N) is 1. The van der Waals surface area contributed by atoms with Gasteiger partial charge in [-0.3, -0.25) is 4.99 Å². The third-order valence-corrected chi connectivity index (χ3v) is 2.77. The topological polar surface area (TPSA) is 59.6 Å². The molecule has 1 aromatic carbocycles. The van der Waals surface area contributed by atoms with Gasteiger partial charge in [-0.15, -0.1) is 0 Å². The highest BCUT2D eigenvalue weighted by atomic mass is 16.5. The molecule has 1 fully saturated rings. The predicted molar refractivity (Wildman–Crippen MR) is 69.0 cm³/mol. The lowest BCUT2D eigenvalue weighted by molar-refractivity contribution is 0.414. The van der Waals surface area contributed by atoms with Gasteiger partial charge < -0.3 is 15.8 Å². The van der Waals surface area contributed by atoms with E-state index < -0.39 is 0 Å². The number of nitrogens with two attached hydrogens (primary N) is 1. The van der Waals surface area contributed by atoms with Gasteiger partial charge >= 0.3 is 0 Å². The minimum atomic E-state index is 0.679. The van der Waals surface area contributed by atoms with Crippen molar-refractivity contribution in [3.63, 3.8) is 0 Å². The molecule has 3 N–H and O–H groups in total. The van der Waals surface area contributed by atoms with Gasteiger partial charge in [0.1, 0.15) is 5.75 Å². The summed E-state index contributed by atoms with van der Waals surface area (Å²) >= 11 is 0. The Bertz CT molecular complexity index is 434. The zero-order valence-corrected chi connectivity index (χ0v) is 9.94. The molecule has 1 aliphatic rings. The van der Waals surface area contributed by atoms with E-state index in [1.54, 1.807) is 13.3 Å². The number of hydrogen-bond acceptors (Lipinski definition) is 4. The Morgan fingerprint density at radius 2 is 2.18 bits per heavy atom. The van der Waals surface area contributed by atoms with E-state index in [1.165, 1.54) is 5.56 Å². The van der Waals surface area contributed by atoms with Crippen molar-refractivity contribution >= 4 is 5.71 Å². The van der Waals surface area contributed by atoms with Crippen LogP contribution < -0.4 is 15.8 Å². The summed E-state index contributed by atoms with van der Waals surface area (Å²) in [5.41, 5.74) is 8.69. The minimum absolute atomic E-state index is 0.679. The molecule has 4 heteroatoms. The van der Waals surface area contributed by atoms with E-state index in [2.05, 4.69) is 10.3 Å². The first-order valence-electron chi connectivity index (χ1n) is 5.66. The van der Waals surface area contributed by atoms with Crippen LogP contribution in [0.25, 0.3) is 0 Å². The van der Waals surface area contributed by atoms with Crippen LogP contribution >= 0.6 is 0 Å². The van der Waals surface area contributed by atoms with E-state index in [9.17, 15) is 0 Å². The lowest BCUT2D eigenvalue weighted by Crippen LogP contribution is -2.09. The average Bonchev–Trinajstić information content (AvgIpc) is 2.84. The van der Waals surface area contributed by atoms with Crippen molar-refractivity contribution in [2.45, 2.75) is 13.0 Å². The van der Waals surface area contributed by atoms with Crippen molar-refractivity contribution in [3.8, 4) is 5.75 Å². The summed E-state index contributed by atoms with van der Waals surface area (Å²) in [6.07, 6.45) is 2.53. The fourth-order valence-electron chi connectivity index (χ4n) is 1.79. The van der Waals surface area contributed by atoms with Gasteiger partial charge in [0, 0.05) is 19.2 Å². The molecule has 1 heterocycles. The number of hydrogen-bond donors (Lipinski definition) is 2. The summed E-state index contributed by atoms with van der Waals surface area (Å²) in [4.78, 5) is 4.57. The second-order valence-corrected chi connectivity index (χ2v) is 3.87. The van der Waals surface area contributed by atoms with Gasteiger partial charge in [-0.2, -0.15) is 0 Å². The molecule has 0 unspecified atom stereocenters. The van der Waals surface area contributed by atoms with Crippen molar-refractivity contribution in [1.29, 1.82) is 0 Å². The quantitative estimate of drug-likeness (QED) is 0.827. The zero-order chi connectivity index (χ0) is 12.1. The second kappa shape index (κ2) is 5.39. The predicted octanol–water partition coefficient (Wildman–Crippen LogP) is 1.43. The first-order valence-corrected chi connectivity index (χ1v) is 5.66. The van der Waals surface area contributed by atoms with Crippen LogP contribution in [0.3, 0.4) is 0 Å². The van der Waals surface area contributed by atoms with E-state index >= 15 is 0 Å². The van der Waals surface area contributed by atoms with E-state index in [4.69, 9.17) is 10.5 Å². The standard InChI is InChI=1S/C13H17N3O/c1-17-11-4-2-10(3-5-11)9-16-12-6-7-15-13(12)8-14/h2-5,8,15H,6-7,9,14H2,1H3/b13-8+,16-12?. The fourth-order valence-corrected chi connectivity index (χ4v) is 1.79. The molecule has 4 nitrogen and oxygen atoms in total. The van der Waals surface area contributed by atoms with Gasteiger partial charge in [-0.25, -0.2) is 0 Å². The Morgan fingerprint density at radius 1 is 1.41 bits per heavy atom. The number of ether oxygens (including phenoxy) is 1. The summed E-state index contributed by atoms with van der Waals surface area (Å²) in [6.45, 7) is 1.60. The molecule has 1 aromatic rings. The van der Waals surface area contributed by atoms with Crippen molar-refractivity contribution in [1.82, 2.24) is 5.32 Å². The number of rotatable bonds is 3. The number of allylic oxidation sites excluding steroid dienone is 1. The third kappa shape index (κ3) is 2.78. The van der Waals surface area contributed by atoms with Gasteiger partial charge in [0.05, 0.1) is 25.1 Å². The SMILES string of the molecule is COc1ccc(CN=C2CCN/C2=C/N)cc1. The Kier molecular flexibility index (Phi) is 3.65. The molecule has 0 radical (unpaired) electrons. The highest BCUT2D eigenvalue weighted by Gasteiger charge is 2.12. The normalized spacial score (nSPS) is 19.6. The molecule has 0 spiro atoms. The molecule has 1 saturated heterocycles. The molecular formula is C13H17N3O. The summed E-state index contributed by atoms with van der Waals surface area (Å²) in [7, 11) is 1.66. The van der Waals surface area contributed by atoms with Gasteiger partial charge in [-0.05, 0) is 17.7 Å². The van der Waals surface area contributed by atoms with Crippen LogP contribution in [-0.2, 0) is 6.54 Å². The molecule has 0 aromatic heterocycles. The maximum absolute atomic E-state index is 5.51. The largest absolute Gasteiger partial charge is 0.497 e. The molecule has 0 amide bonds. The van der Waals surface area contributed by atoms with E-state index in [-0.39, 0.29) is 0 Å². The van der Waals surface area contributed by atoms with Crippen LogP contribution in [0.2, 0.25) is 0 Å². The molecular weight excluding hydrogens is 214 g/mol. The first-order chi connectivity index (χ1) is 8.33. The Balaban J connectivity index is 2.03. The van der Waals surface area contributed by atoms with Gasteiger partial charge in [-0.1, -0.05) is 12.1 Å². The van der Waals surface area contributed by atoms with Crippen molar-refractivity contribution < 1.29 is 4.74 Å². The maximum atomic E-state index is 5.51. The highest BCUT2D eigenvalue weighted by Crippen LogP contribution is 2.13. The van der Waals surface area contributed by atoms with Crippen LogP contribution in [0, 0.1) is 0 Å². The molecule has 1 aliphatic heterocycles. The fraction of sp³-hybridized carbons (Fsp3) is 0.308. The molecule has 0 atom stereocenters. The molecule has 2 rings (SSSR count). The molecule has 0 bridgehead atoms. The van der Waals surface area contributed by atoms with Gasteiger partial charge in [0.15, 0.2) is 0 Å². The summed E-state index contributed by atoms with van der Waals surface area (Å²) in [5.74, 6) is 0.867. The first kappa shape index (κ1) is 11.5. The third-order valence-electron chi connectivity index (χ3n) is 2.77. The number of benzene rings is 1. The van der Waals surface area contributed by atoms with E-state index in [1.807, 2.05) is 24.3 Å². The number of aliphatic imine (C=N–C) groups is 1. The lowest BCUT2D eigenvalue weighted by Gasteiger charge is -2.02. The molecule has 0 saturated carbocycles. The van der Waals surface area contributed by atoms with Gasteiger partial charge in [0.2, 0.25) is 0 Å². The molecule has 0 aliphatic carbocycles. The Morgan fingerprint density at radius 3 is 2.82 bits per heavy atom. The van der Waals surface area contributed by atoms with Gasteiger partial charge in [0.25, 0.3) is 0 Å². The summed E-state index contributed by atoms with van der Waals surface area (Å²) < 4.78 is 5.11. The van der Waals surface area contributed by atoms with Crippen molar-refractivity contribution in [3.05, 3.63) is 41.7 Å². The lowest BCUT2D eigenvalue weighted by atomic mass is 10.2.